The van der Waals surface area contributed by atoms with Gasteiger partial charge in [-0.15, -0.1) is 12.4 Å². The van der Waals surface area contributed by atoms with Crippen molar-refractivity contribution < 1.29 is 19.8 Å². The number of anilines is 1. The van der Waals surface area contributed by atoms with Gasteiger partial charge in [-0.25, -0.2) is 0 Å². The predicted molar refractivity (Wildman–Crippen MR) is 135 cm³/mol. The highest BCUT2D eigenvalue weighted by atomic mass is 35.5. The van der Waals surface area contributed by atoms with Crippen LogP contribution in [0.15, 0.2) is 42.5 Å². The normalized spacial score (nSPS) is 24.9. The smallest absolute Gasteiger partial charge is 0.267 e. The van der Waals surface area contributed by atoms with E-state index in [9.17, 15) is 9.59 Å². The number of ether oxygens (including phenoxy) is 1. The molecule has 9 heteroatoms. The Morgan fingerprint density at radius 1 is 1.18 bits per heavy atom. The lowest BCUT2D eigenvalue weighted by Gasteiger charge is -2.45. The molecule has 0 saturated carbocycles. The number of benzene rings is 2. The molecule has 0 radical (unpaired) electrons. The minimum Gasteiger partial charge on any atom is -0.478 e. The van der Waals surface area contributed by atoms with E-state index < -0.39 is 6.10 Å². The highest BCUT2D eigenvalue weighted by molar-refractivity contribution is 6.31. The van der Waals surface area contributed by atoms with Crippen LogP contribution < -0.4 is 15.0 Å². The van der Waals surface area contributed by atoms with Gasteiger partial charge >= 0.3 is 0 Å². The Kier molecular flexibility index (Phi) is 8.47. The second-order valence-corrected chi connectivity index (χ2v) is 9.44. The van der Waals surface area contributed by atoms with E-state index in [4.69, 9.17) is 16.3 Å². The van der Waals surface area contributed by atoms with Gasteiger partial charge in [0.2, 0.25) is 0 Å². The van der Waals surface area contributed by atoms with Crippen LogP contribution in [0.1, 0.15) is 35.7 Å². The fourth-order valence-electron chi connectivity index (χ4n) is 5.13. The minimum atomic E-state index is -0.664. The molecule has 2 aromatic carbocycles. The predicted octanol–water partition coefficient (Wildman–Crippen LogP) is 3.12. The largest absolute Gasteiger partial charge is 0.478 e. The summed E-state index contributed by atoms with van der Waals surface area (Å²) in [6.07, 6.45) is 2.27. The third kappa shape index (κ3) is 5.18. The fourth-order valence-corrected chi connectivity index (χ4v) is 5.34. The molecular weight excluding hydrogens is 477 g/mol. The Bertz CT molecular complexity index is 1030. The van der Waals surface area contributed by atoms with Crippen LogP contribution in [0.3, 0.4) is 0 Å². The van der Waals surface area contributed by atoms with Gasteiger partial charge in [0.25, 0.3) is 11.8 Å². The van der Waals surface area contributed by atoms with Crippen LogP contribution in [-0.4, -0.2) is 60.5 Å². The first-order chi connectivity index (χ1) is 15.5. The van der Waals surface area contributed by atoms with Crippen molar-refractivity contribution >= 4 is 41.5 Å². The van der Waals surface area contributed by atoms with Crippen LogP contribution >= 0.6 is 24.0 Å². The molecule has 0 aromatic heterocycles. The van der Waals surface area contributed by atoms with Crippen LogP contribution in [0.25, 0.3) is 0 Å². The van der Waals surface area contributed by atoms with Gasteiger partial charge in [-0.05, 0) is 62.9 Å². The van der Waals surface area contributed by atoms with E-state index in [2.05, 4.69) is 10.2 Å². The van der Waals surface area contributed by atoms with Crippen molar-refractivity contribution in [3.05, 3.63) is 58.6 Å². The summed E-state index contributed by atoms with van der Waals surface area (Å²) in [5, 5.41) is 3.64. The van der Waals surface area contributed by atoms with E-state index in [0.29, 0.717) is 40.9 Å². The molecular formula is C25H31Cl2N3O4. The van der Waals surface area contributed by atoms with Crippen LogP contribution in [0.5, 0.6) is 5.75 Å². The molecule has 7 nitrogen and oxygen atoms in total. The summed E-state index contributed by atoms with van der Waals surface area (Å²) >= 11 is 6.42. The number of hydrogen-bond acceptors (Lipinski definition) is 4. The Hall–Kier alpha value is -2.32. The third-order valence-electron chi connectivity index (χ3n) is 6.92. The van der Waals surface area contributed by atoms with Gasteiger partial charge in [0.1, 0.15) is 0 Å². The highest BCUT2D eigenvalue weighted by Crippen LogP contribution is 2.40. The number of fused-ring (bicyclic) bond motifs is 4. The molecule has 3 saturated heterocycles. The zero-order valence-corrected chi connectivity index (χ0v) is 20.7. The van der Waals surface area contributed by atoms with Crippen LogP contribution in [-0.2, 0) is 11.2 Å². The quantitative estimate of drug-likeness (QED) is 0.672. The first-order valence-corrected chi connectivity index (χ1v) is 11.8. The maximum absolute atomic E-state index is 13.3. The van der Waals surface area contributed by atoms with Gasteiger partial charge in [-0.1, -0.05) is 41.9 Å². The molecule has 2 atom stereocenters. The number of carbonyl (C=O) groups excluding carboxylic acids is 2. The lowest BCUT2D eigenvalue weighted by atomic mass is 9.84. The maximum Gasteiger partial charge on any atom is 0.267 e. The van der Waals surface area contributed by atoms with E-state index in [1.54, 1.807) is 24.0 Å². The number of halogens is 2. The van der Waals surface area contributed by atoms with Crippen LogP contribution in [0.4, 0.5) is 5.69 Å². The SMILES string of the molecule is CC1Oc2c(C(=O)NC3CN4CCC3CC4)cc(Cl)cc2N(CCc2ccccc2)C1=O.Cl.O. The molecule has 2 amide bonds. The summed E-state index contributed by atoms with van der Waals surface area (Å²) in [6, 6.07) is 13.5. The number of amides is 2. The number of rotatable bonds is 5. The van der Waals surface area contributed by atoms with Crippen LogP contribution in [0, 0.1) is 5.92 Å². The summed E-state index contributed by atoms with van der Waals surface area (Å²) in [6.45, 7) is 5.33. The van der Waals surface area contributed by atoms with Crippen molar-refractivity contribution in [1.29, 1.82) is 0 Å². The van der Waals surface area contributed by atoms with E-state index in [0.717, 1.165) is 38.0 Å². The third-order valence-corrected chi connectivity index (χ3v) is 7.14. The molecule has 3 fully saturated rings. The highest BCUT2D eigenvalue weighted by Gasteiger charge is 2.38. The summed E-state index contributed by atoms with van der Waals surface area (Å²) in [5.74, 6) is 0.641. The molecule has 2 unspecified atom stereocenters. The zero-order chi connectivity index (χ0) is 22.2. The molecule has 6 rings (SSSR count). The molecule has 2 bridgehead atoms. The fraction of sp³-hybridized carbons (Fsp3) is 0.440. The Morgan fingerprint density at radius 2 is 1.88 bits per heavy atom. The summed E-state index contributed by atoms with van der Waals surface area (Å²) in [7, 11) is 0. The summed E-state index contributed by atoms with van der Waals surface area (Å²) in [5.41, 5.74) is 2.10. The summed E-state index contributed by atoms with van der Waals surface area (Å²) < 4.78 is 5.96. The Labute approximate surface area is 211 Å². The maximum atomic E-state index is 13.3. The topological polar surface area (TPSA) is 93.4 Å². The molecule has 4 aliphatic heterocycles. The molecule has 0 spiro atoms. The lowest BCUT2D eigenvalue weighted by Crippen LogP contribution is -2.57. The van der Waals surface area contributed by atoms with Gasteiger partial charge in [0.05, 0.1) is 11.3 Å². The first kappa shape index (κ1) is 26.3. The standard InChI is InChI=1S/C25H28ClN3O3.ClH.H2O/c1-16-25(31)29(12-7-17-5-3-2-4-6-17)22-14-19(26)13-20(23(22)32-16)24(30)27-21-15-28-10-8-18(21)9-11-28;;/h2-6,13-14,16,18,21H,7-12,15H2,1H3,(H,27,30);1H;1H2. The van der Waals surface area contributed by atoms with Crippen molar-refractivity contribution in [3.8, 4) is 5.75 Å². The van der Waals surface area contributed by atoms with Gasteiger partial charge < -0.3 is 25.3 Å². The second-order valence-electron chi connectivity index (χ2n) is 9.01. The molecule has 3 N–H and O–H groups in total. The van der Waals surface area contributed by atoms with Crippen molar-refractivity contribution in [3.63, 3.8) is 0 Å². The van der Waals surface area contributed by atoms with E-state index in [-0.39, 0.29) is 35.7 Å². The zero-order valence-electron chi connectivity index (χ0n) is 19.1. The Balaban J connectivity index is 0.00000162. The molecule has 2 aromatic rings. The van der Waals surface area contributed by atoms with E-state index in [1.165, 1.54) is 0 Å². The van der Waals surface area contributed by atoms with Crippen molar-refractivity contribution in [2.45, 2.75) is 38.3 Å². The molecule has 4 heterocycles. The van der Waals surface area contributed by atoms with E-state index in [1.807, 2.05) is 30.3 Å². The molecule has 184 valence electrons. The summed E-state index contributed by atoms with van der Waals surface area (Å²) in [4.78, 5) is 30.4. The number of carbonyl (C=O) groups is 2. The van der Waals surface area contributed by atoms with Gasteiger partial charge in [0.15, 0.2) is 11.9 Å². The average molecular weight is 508 g/mol. The lowest BCUT2D eigenvalue weighted by molar-refractivity contribution is -0.125. The van der Waals surface area contributed by atoms with Gasteiger partial charge in [-0.2, -0.15) is 0 Å². The second kappa shape index (κ2) is 11.0. The van der Waals surface area contributed by atoms with Crippen molar-refractivity contribution in [1.82, 2.24) is 10.2 Å². The van der Waals surface area contributed by atoms with Gasteiger partial charge in [0, 0.05) is 24.2 Å². The van der Waals surface area contributed by atoms with Crippen LogP contribution in [0.2, 0.25) is 5.02 Å². The van der Waals surface area contributed by atoms with Crippen molar-refractivity contribution in [2.24, 2.45) is 5.92 Å². The van der Waals surface area contributed by atoms with Gasteiger partial charge in [-0.3, -0.25) is 9.59 Å². The minimum absolute atomic E-state index is 0. The Morgan fingerprint density at radius 3 is 2.53 bits per heavy atom. The number of nitrogens with zero attached hydrogens (tertiary/aromatic N) is 2. The monoisotopic (exact) mass is 507 g/mol. The molecule has 34 heavy (non-hydrogen) atoms. The average Bonchev–Trinajstić information content (AvgIpc) is 2.81. The molecule has 0 aliphatic carbocycles. The number of piperidine rings is 3. The number of hydrogen-bond donors (Lipinski definition) is 1. The van der Waals surface area contributed by atoms with E-state index >= 15 is 0 Å². The number of nitrogens with one attached hydrogen (secondary N) is 1. The van der Waals surface area contributed by atoms with Crippen molar-refractivity contribution in [2.75, 3.05) is 31.1 Å². The first-order valence-electron chi connectivity index (χ1n) is 11.4. The molecule has 4 aliphatic rings.